The van der Waals surface area contributed by atoms with E-state index in [1.54, 1.807) is 0 Å². The lowest BCUT2D eigenvalue weighted by molar-refractivity contribution is 0.557. The van der Waals surface area contributed by atoms with Gasteiger partial charge in [0.1, 0.15) is 0 Å². The average molecular weight is 260 g/mol. The fourth-order valence-corrected chi connectivity index (χ4v) is 3.45. The summed E-state index contributed by atoms with van der Waals surface area (Å²) >= 11 is 0. The third-order valence-electron chi connectivity index (χ3n) is 2.57. The van der Waals surface area contributed by atoms with Gasteiger partial charge < -0.3 is 11.1 Å². The van der Waals surface area contributed by atoms with E-state index in [2.05, 4.69) is 15.3 Å². The van der Waals surface area contributed by atoms with Crippen LogP contribution in [0.2, 0.25) is 0 Å². The summed E-state index contributed by atoms with van der Waals surface area (Å²) in [6.45, 7) is 0. The van der Waals surface area contributed by atoms with Gasteiger partial charge in [-0.3, -0.25) is 0 Å². The number of nitrogen functional groups attached to an aromatic ring is 1. The van der Waals surface area contributed by atoms with Crippen LogP contribution < -0.4 is 11.1 Å². The summed E-state index contributed by atoms with van der Waals surface area (Å²) in [6.07, 6.45) is 2.20. The van der Waals surface area contributed by atoms with Crippen molar-refractivity contribution in [3.05, 3.63) is 12.0 Å². The number of rotatable bonds is 2. The molecule has 0 spiro atoms. The second-order valence-electron chi connectivity index (χ2n) is 4.02. The molecule has 0 aromatic carbocycles. The van der Waals surface area contributed by atoms with Crippen molar-refractivity contribution in [1.82, 2.24) is 9.97 Å². The first kappa shape index (κ1) is 12.0. The Bertz CT molecular complexity index is 520. The Balaban J connectivity index is 2.13. The number of nitrogens with two attached hydrogens (primary N) is 1. The molecule has 0 aliphatic carbocycles. The highest BCUT2D eigenvalue weighted by molar-refractivity contribution is 7.91. The normalized spacial score (nSPS) is 23.2. The number of hydrogen-bond acceptors (Lipinski definition) is 6. The molecule has 3 N–H and O–H groups in total. The minimum absolute atomic E-state index is 0.00362. The quantitative estimate of drug-likeness (QED) is 0.787. The molecule has 1 atom stereocenters. The van der Waals surface area contributed by atoms with Crippen LogP contribution >= 0.6 is 0 Å². The maximum Gasteiger partial charge on any atom is 0.222 e. The lowest BCUT2D eigenvalue weighted by atomic mass is 10.2. The van der Waals surface area contributed by atoms with Gasteiger partial charge in [-0.05, 0) is 12.8 Å². The molecule has 2 heterocycles. The zero-order valence-corrected chi connectivity index (χ0v) is 9.87. The van der Waals surface area contributed by atoms with E-state index in [0.29, 0.717) is 12.8 Å². The molecule has 1 aromatic heterocycles. The number of hydrogen-bond donors (Lipinski definition) is 2. The summed E-state index contributed by atoms with van der Waals surface area (Å²) in [5.74, 6) is -0.537. The van der Waals surface area contributed by atoms with E-state index >= 15 is 0 Å². The average Bonchev–Trinajstić information content (AvgIpc) is 2.22. The van der Waals surface area contributed by atoms with Crippen LogP contribution in [0.4, 0.5) is 16.2 Å². The van der Waals surface area contributed by atoms with Gasteiger partial charge in [0, 0.05) is 6.04 Å². The molecule has 17 heavy (non-hydrogen) atoms. The number of aromatic nitrogens is 2. The first-order valence-electron chi connectivity index (χ1n) is 5.21. The largest absolute Gasteiger partial charge is 0.368 e. The van der Waals surface area contributed by atoms with E-state index < -0.39 is 15.7 Å². The molecule has 1 aromatic rings. The molecule has 1 unspecified atom stereocenters. The van der Waals surface area contributed by atoms with Crippen molar-refractivity contribution < 1.29 is 12.8 Å². The fourth-order valence-electron chi connectivity index (χ4n) is 1.81. The topological polar surface area (TPSA) is 98.0 Å². The van der Waals surface area contributed by atoms with Gasteiger partial charge in [-0.1, -0.05) is 0 Å². The molecule has 0 amide bonds. The molecule has 0 radical (unpaired) electrons. The van der Waals surface area contributed by atoms with Gasteiger partial charge in [0.25, 0.3) is 0 Å². The van der Waals surface area contributed by atoms with Crippen molar-refractivity contribution in [2.24, 2.45) is 0 Å². The van der Waals surface area contributed by atoms with Crippen LogP contribution in [0, 0.1) is 5.82 Å². The smallest absolute Gasteiger partial charge is 0.222 e. The van der Waals surface area contributed by atoms with Crippen LogP contribution in [0.1, 0.15) is 12.8 Å². The molecule has 1 aliphatic heterocycles. The van der Waals surface area contributed by atoms with Crippen molar-refractivity contribution >= 4 is 21.6 Å². The van der Waals surface area contributed by atoms with E-state index in [1.807, 2.05) is 0 Å². The van der Waals surface area contributed by atoms with E-state index in [0.717, 1.165) is 6.20 Å². The molecular formula is C9H13FN4O2S. The third-order valence-corrected chi connectivity index (χ3v) is 4.39. The Morgan fingerprint density at radius 2 is 2.29 bits per heavy atom. The molecule has 0 bridgehead atoms. The highest BCUT2D eigenvalue weighted by Gasteiger charge is 2.25. The summed E-state index contributed by atoms with van der Waals surface area (Å²) in [5, 5.41) is 2.76. The number of nitrogens with zero attached hydrogens (tertiary/aromatic N) is 2. The predicted molar refractivity (Wildman–Crippen MR) is 61.7 cm³/mol. The Kier molecular flexibility index (Phi) is 3.14. The summed E-state index contributed by atoms with van der Waals surface area (Å²) in [4.78, 5) is 7.19. The van der Waals surface area contributed by atoms with Gasteiger partial charge in [-0.2, -0.15) is 4.98 Å². The highest BCUT2D eigenvalue weighted by atomic mass is 32.2. The number of nitrogens with one attached hydrogen (secondary N) is 1. The van der Waals surface area contributed by atoms with Crippen molar-refractivity contribution in [2.45, 2.75) is 18.9 Å². The van der Waals surface area contributed by atoms with Crippen LogP contribution in [0.5, 0.6) is 0 Å². The van der Waals surface area contributed by atoms with Gasteiger partial charge in [0.05, 0.1) is 17.7 Å². The van der Waals surface area contributed by atoms with Gasteiger partial charge in [0.2, 0.25) is 5.95 Å². The lowest BCUT2D eigenvalue weighted by Gasteiger charge is -2.23. The molecule has 1 aliphatic rings. The zero-order chi connectivity index (χ0) is 12.5. The number of sulfone groups is 1. The monoisotopic (exact) mass is 260 g/mol. The van der Waals surface area contributed by atoms with Crippen LogP contribution in [0.25, 0.3) is 0 Å². The first-order valence-corrected chi connectivity index (χ1v) is 7.03. The summed E-state index contributed by atoms with van der Waals surface area (Å²) < 4.78 is 36.1. The maximum atomic E-state index is 13.3. The lowest BCUT2D eigenvalue weighted by Crippen LogP contribution is -2.35. The number of halogens is 1. The fraction of sp³-hybridized carbons (Fsp3) is 0.556. The first-order chi connectivity index (χ1) is 7.96. The van der Waals surface area contributed by atoms with Crippen molar-refractivity contribution in [3.63, 3.8) is 0 Å². The summed E-state index contributed by atoms with van der Waals surface area (Å²) in [7, 11) is -3.03. The van der Waals surface area contributed by atoms with Crippen molar-refractivity contribution in [2.75, 3.05) is 22.6 Å². The standard InChI is InChI=1S/C9H13FN4O2S/c10-7-4-12-9(11)14-8(7)13-6-2-1-3-17(15,16)5-6/h4,6H,1-3,5H2,(H3,11,12,13,14). The molecule has 6 nitrogen and oxygen atoms in total. The second kappa shape index (κ2) is 4.44. The third kappa shape index (κ3) is 3.02. The minimum atomic E-state index is -3.03. The van der Waals surface area contributed by atoms with Crippen LogP contribution in [-0.4, -0.2) is 35.9 Å². The molecule has 2 rings (SSSR count). The maximum absolute atomic E-state index is 13.3. The SMILES string of the molecule is Nc1ncc(F)c(NC2CCCS(=O)(=O)C2)n1. The Morgan fingerprint density at radius 1 is 1.53 bits per heavy atom. The Morgan fingerprint density at radius 3 is 3.00 bits per heavy atom. The van der Waals surface area contributed by atoms with Crippen molar-refractivity contribution in [3.8, 4) is 0 Å². The molecular weight excluding hydrogens is 247 g/mol. The molecule has 8 heteroatoms. The molecule has 0 saturated carbocycles. The molecule has 1 fully saturated rings. The van der Waals surface area contributed by atoms with E-state index in [9.17, 15) is 12.8 Å². The van der Waals surface area contributed by atoms with Crippen LogP contribution in [0.3, 0.4) is 0 Å². The van der Waals surface area contributed by atoms with E-state index in [-0.39, 0.29) is 29.3 Å². The van der Waals surface area contributed by atoms with Gasteiger partial charge in [-0.25, -0.2) is 17.8 Å². The highest BCUT2D eigenvalue weighted by Crippen LogP contribution is 2.18. The minimum Gasteiger partial charge on any atom is -0.368 e. The number of anilines is 2. The van der Waals surface area contributed by atoms with Gasteiger partial charge >= 0.3 is 0 Å². The summed E-state index contributed by atoms with van der Waals surface area (Å²) in [5.41, 5.74) is 5.34. The Labute approximate surface area is 98.4 Å². The zero-order valence-electron chi connectivity index (χ0n) is 9.06. The molecule has 94 valence electrons. The summed E-state index contributed by atoms with van der Waals surface area (Å²) in [6, 6.07) is -0.322. The predicted octanol–water partition coefficient (Wildman–Crippen LogP) is 0.187. The van der Waals surface area contributed by atoms with E-state index in [1.165, 1.54) is 0 Å². The van der Waals surface area contributed by atoms with Crippen LogP contribution in [-0.2, 0) is 9.84 Å². The van der Waals surface area contributed by atoms with Crippen molar-refractivity contribution in [1.29, 1.82) is 0 Å². The van der Waals surface area contributed by atoms with Gasteiger partial charge in [0.15, 0.2) is 21.5 Å². The van der Waals surface area contributed by atoms with Gasteiger partial charge in [-0.15, -0.1) is 0 Å². The second-order valence-corrected chi connectivity index (χ2v) is 6.25. The Hall–Kier alpha value is -1.44. The molecule has 1 saturated heterocycles. The van der Waals surface area contributed by atoms with Crippen LogP contribution in [0.15, 0.2) is 6.20 Å². The van der Waals surface area contributed by atoms with E-state index in [4.69, 9.17) is 5.73 Å².